The summed E-state index contributed by atoms with van der Waals surface area (Å²) in [6.07, 6.45) is 5.84. The van der Waals surface area contributed by atoms with E-state index >= 15 is 0 Å². The highest BCUT2D eigenvalue weighted by atomic mass is 19.1. The Morgan fingerprint density at radius 2 is 1.93 bits per heavy atom. The van der Waals surface area contributed by atoms with Gasteiger partial charge in [0.15, 0.2) is 5.82 Å². The van der Waals surface area contributed by atoms with Crippen LogP contribution >= 0.6 is 0 Å². The topological polar surface area (TPSA) is 100 Å². The molecule has 1 aliphatic carbocycles. The van der Waals surface area contributed by atoms with Crippen LogP contribution in [0.5, 0.6) is 0 Å². The van der Waals surface area contributed by atoms with Gasteiger partial charge in [-0.15, -0.1) is 0 Å². The molecule has 3 aromatic carbocycles. The standard InChI is InChI=1S/C35H41F2N5O3/c1-2-8-32(40-28-14-13-25-15-27(36)16-31(37)30(25)17-28)35(44)41-34-20-42(23-39-34)33-12-7-6-11-26(33)18-38-19-29(43)22-45-21-24-9-4-3-5-10-24/h3-7,9-12,15-16,20,23,28-29,32,38,40,43H,2,8,13-14,17-19,21-22H2,1H3,(H,41,44)/t28-,29?,32+/m0/s1. The van der Waals surface area contributed by atoms with E-state index in [1.165, 1.54) is 6.07 Å². The fraction of sp³-hybridized carbons (Fsp3) is 0.371. The molecule has 3 atom stereocenters. The number of nitrogens with zero attached hydrogens (tertiary/aromatic N) is 2. The number of imidazole rings is 1. The van der Waals surface area contributed by atoms with Gasteiger partial charge in [0.25, 0.3) is 0 Å². The number of nitrogens with one attached hydrogen (secondary N) is 3. The number of rotatable bonds is 15. The number of ether oxygens (including phenoxy) is 1. The van der Waals surface area contributed by atoms with E-state index < -0.39 is 23.8 Å². The number of carbonyl (C=O) groups excluding carboxylic acids is 1. The second kappa shape index (κ2) is 15.9. The number of benzene rings is 3. The first-order valence-corrected chi connectivity index (χ1v) is 15.6. The molecule has 1 amide bonds. The zero-order chi connectivity index (χ0) is 31.6. The van der Waals surface area contributed by atoms with E-state index in [9.17, 15) is 18.7 Å². The maximum atomic E-state index is 14.4. The first kappa shape index (κ1) is 32.4. The monoisotopic (exact) mass is 617 g/mol. The van der Waals surface area contributed by atoms with Crippen LogP contribution in [0, 0.1) is 11.6 Å². The molecule has 0 radical (unpaired) electrons. The summed E-state index contributed by atoms with van der Waals surface area (Å²) in [5.41, 5.74) is 4.18. The molecule has 1 aliphatic rings. The lowest BCUT2D eigenvalue weighted by atomic mass is 9.87. The summed E-state index contributed by atoms with van der Waals surface area (Å²) in [6.45, 7) is 3.58. The number of halogens is 2. The van der Waals surface area contributed by atoms with Crippen LogP contribution in [0.1, 0.15) is 48.4 Å². The lowest BCUT2D eigenvalue weighted by Gasteiger charge is -2.29. The Balaban J connectivity index is 1.13. The lowest BCUT2D eigenvalue weighted by Crippen LogP contribution is -2.48. The predicted octanol–water partition coefficient (Wildman–Crippen LogP) is 5.07. The van der Waals surface area contributed by atoms with Crippen LogP contribution in [0.3, 0.4) is 0 Å². The highest BCUT2D eigenvalue weighted by Crippen LogP contribution is 2.26. The van der Waals surface area contributed by atoms with Crippen LogP contribution in [-0.4, -0.2) is 51.9 Å². The van der Waals surface area contributed by atoms with Gasteiger partial charge in [-0.1, -0.05) is 61.9 Å². The van der Waals surface area contributed by atoms with Gasteiger partial charge in [-0.25, -0.2) is 13.8 Å². The lowest BCUT2D eigenvalue weighted by molar-refractivity contribution is -0.118. The van der Waals surface area contributed by atoms with Crippen LogP contribution in [0.15, 0.2) is 79.3 Å². The Bertz CT molecular complexity index is 1550. The third-order valence-corrected chi connectivity index (χ3v) is 8.02. The van der Waals surface area contributed by atoms with E-state index in [0.717, 1.165) is 29.3 Å². The van der Waals surface area contributed by atoms with E-state index in [2.05, 4.69) is 20.9 Å². The van der Waals surface area contributed by atoms with Crippen LogP contribution in [0.4, 0.5) is 14.6 Å². The number of aromatic nitrogens is 2. The molecule has 5 rings (SSSR count). The van der Waals surface area contributed by atoms with Gasteiger partial charge in [0, 0.05) is 25.2 Å². The largest absolute Gasteiger partial charge is 0.389 e. The van der Waals surface area contributed by atoms with Crippen molar-refractivity contribution >= 4 is 11.7 Å². The number of hydrogen-bond donors (Lipinski definition) is 4. The molecule has 8 nitrogen and oxygen atoms in total. The SMILES string of the molecule is CCC[C@@H](N[C@H]1CCc2cc(F)cc(F)c2C1)C(=O)Nc1cn(-c2ccccc2CNCC(O)COCc2ccccc2)cn1. The van der Waals surface area contributed by atoms with Gasteiger partial charge < -0.3 is 30.4 Å². The minimum Gasteiger partial charge on any atom is -0.389 e. The number of fused-ring (bicyclic) bond motifs is 1. The average molecular weight is 618 g/mol. The average Bonchev–Trinajstić information content (AvgIpc) is 3.50. The van der Waals surface area contributed by atoms with Crippen molar-refractivity contribution in [1.29, 1.82) is 0 Å². The molecule has 1 unspecified atom stereocenters. The van der Waals surface area contributed by atoms with Crippen molar-refractivity contribution in [2.24, 2.45) is 0 Å². The van der Waals surface area contributed by atoms with Crippen molar-refractivity contribution < 1.29 is 23.4 Å². The van der Waals surface area contributed by atoms with Crippen molar-refractivity contribution in [2.45, 2.75) is 70.4 Å². The Labute approximate surface area is 262 Å². The molecule has 1 aromatic heterocycles. The van der Waals surface area contributed by atoms with Gasteiger partial charge >= 0.3 is 0 Å². The van der Waals surface area contributed by atoms with E-state index in [4.69, 9.17) is 4.74 Å². The Morgan fingerprint density at radius 3 is 2.76 bits per heavy atom. The quantitative estimate of drug-likeness (QED) is 0.149. The van der Waals surface area contributed by atoms with Crippen molar-refractivity contribution in [3.05, 3.63) is 113 Å². The maximum Gasteiger partial charge on any atom is 0.242 e. The third-order valence-electron chi connectivity index (χ3n) is 8.02. The molecule has 0 spiro atoms. The second-order valence-electron chi connectivity index (χ2n) is 11.5. The van der Waals surface area contributed by atoms with Crippen LogP contribution in [0.25, 0.3) is 5.69 Å². The van der Waals surface area contributed by atoms with Crippen molar-refractivity contribution in [3.63, 3.8) is 0 Å². The molecule has 45 heavy (non-hydrogen) atoms. The fourth-order valence-corrected chi connectivity index (χ4v) is 5.76. The Hall–Kier alpha value is -3.96. The summed E-state index contributed by atoms with van der Waals surface area (Å²) in [6, 6.07) is 19.5. The van der Waals surface area contributed by atoms with E-state index in [1.54, 1.807) is 12.5 Å². The molecule has 0 aliphatic heterocycles. The third kappa shape index (κ3) is 9.04. The summed E-state index contributed by atoms with van der Waals surface area (Å²) in [5.74, 6) is -0.866. The number of anilines is 1. The number of hydrogen-bond acceptors (Lipinski definition) is 6. The summed E-state index contributed by atoms with van der Waals surface area (Å²) >= 11 is 0. The van der Waals surface area contributed by atoms with Gasteiger partial charge in [-0.05, 0) is 60.1 Å². The highest BCUT2D eigenvalue weighted by Gasteiger charge is 2.27. The minimum atomic E-state index is -0.647. The van der Waals surface area contributed by atoms with Gasteiger partial charge in [0.05, 0.1) is 37.2 Å². The smallest absolute Gasteiger partial charge is 0.242 e. The minimum absolute atomic E-state index is 0.0920. The fourth-order valence-electron chi connectivity index (χ4n) is 5.76. The van der Waals surface area contributed by atoms with Crippen molar-refractivity contribution in [2.75, 3.05) is 18.5 Å². The molecule has 0 saturated carbocycles. The maximum absolute atomic E-state index is 14.4. The van der Waals surface area contributed by atoms with Crippen molar-refractivity contribution in [1.82, 2.24) is 20.2 Å². The van der Waals surface area contributed by atoms with Crippen LogP contribution < -0.4 is 16.0 Å². The number of aliphatic hydroxyl groups excluding tert-OH is 1. The summed E-state index contributed by atoms with van der Waals surface area (Å²) in [4.78, 5) is 17.7. The van der Waals surface area contributed by atoms with Gasteiger partial charge in [-0.2, -0.15) is 0 Å². The molecule has 10 heteroatoms. The zero-order valence-electron chi connectivity index (χ0n) is 25.5. The first-order chi connectivity index (χ1) is 21.9. The van der Waals surface area contributed by atoms with Crippen LogP contribution in [0.2, 0.25) is 0 Å². The number of amides is 1. The van der Waals surface area contributed by atoms with E-state index in [-0.39, 0.29) is 18.6 Å². The molecule has 0 bridgehead atoms. The first-order valence-electron chi connectivity index (χ1n) is 15.6. The van der Waals surface area contributed by atoms with Gasteiger partial charge in [-0.3, -0.25) is 4.79 Å². The number of aliphatic hydroxyl groups is 1. The van der Waals surface area contributed by atoms with Crippen molar-refractivity contribution in [3.8, 4) is 5.69 Å². The summed E-state index contributed by atoms with van der Waals surface area (Å²) in [7, 11) is 0. The molecule has 1 heterocycles. The number of para-hydroxylation sites is 1. The highest BCUT2D eigenvalue weighted by molar-refractivity contribution is 5.94. The molecule has 0 fully saturated rings. The summed E-state index contributed by atoms with van der Waals surface area (Å²) in [5, 5.41) is 20.0. The van der Waals surface area contributed by atoms with Gasteiger partial charge in [0.1, 0.15) is 18.0 Å². The zero-order valence-corrected chi connectivity index (χ0v) is 25.5. The van der Waals surface area contributed by atoms with Gasteiger partial charge in [0.2, 0.25) is 5.91 Å². The van der Waals surface area contributed by atoms with E-state index in [0.29, 0.717) is 62.3 Å². The number of carbonyl (C=O) groups is 1. The molecule has 4 aromatic rings. The molecule has 0 saturated heterocycles. The molecule has 238 valence electrons. The van der Waals surface area contributed by atoms with Crippen LogP contribution in [-0.2, 0) is 35.5 Å². The molecule has 4 N–H and O–H groups in total. The second-order valence-corrected chi connectivity index (χ2v) is 11.5. The normalized spacial score (nSPS) is 15.8. The molecular weight excluding hydrogens is 576 g/mol. The predicted molar refractivity (Wildman–Crippen MR) is 170 cm³/mol. The van der Waals surface area contributed by atoms with E-state index in [1.807, 2.05) is 66.1 Å². The number of aryl methyl sites for hydroxylation is 1. The molecular formula is C35H41F2N5O3. The summed E-state index contributed by atoms with van der Waals surface area (Å²) < 4.78 is 35.6. The Morgan fingerprint density at radius 1 is 1.13 bits per heavy atom. The Kier molecular flexibility index (Phi) is 11.4.